The summed E-state index contributed by atoms with van der Waals surface area (Å²) >= 11 is 0. The average molecular weight is 276 g/mol. The van der Waals surface area contributed by atoms with E-state index in [1.54, 1.807) is 6.07 Å². The molecule has 0 saturated heterocycles. The van der Waals surface area contributed by atoms with Gasteiger partial charge in [-0.15, -0.1) is 0 Å². The van der Waals surface area contributed by atoms with Crippen molar-refractivity contribution in [3.63, 3.8) is 0 Å². The lowest BCUT2D eigenvalue weighted by Gasteiger charge is -2.28. The normalized spacial score (nSPS) is 22.5. The lowest BCUT2D eigenvalue weighted by molar-refractivity contribution is -0.00295. The average Bonchev–Trinajstić information content (AvgIpc) is 2.45. The number of nitrogens with one attached hydrogen (secondary N) is 1. The van der Waals surface area contributed by atoms with Crippen LogP contribution in [0.3, 0.4) is 0 Å². The van der Waals surface area contributed by atoms with Gasteiger partial charge in [-0.05, 0) is 37.8 Å². The van der Waals surface area contributed by atoms with Crippen molar-refractivity contribution < 1.29 is 9.53 Å². The topological polar surface area (TPSA) is 51.2 Å². The number of pyridine rings is 1. The number of rotatable bonds is 5. The third-order valence-corrected chi connectivity index (χ3v) is 3.87. The van der Waals surface area contributed by atoms with E-state index in [0.29, 0.717) is 30.9 Å². The molecule has 1 aromatic rings. The molecule has 0 aliphatic heterocycles. The predicted octanol–water partition coefficient (Wildman–Crippen LogP) is 2.72. The molecule has 0 bridgehead atoms. The number of nitrogens with zero attached hydrogens (tertiary/aromatic N) is 1. The molecular formula is C16H24N2O2. The fourth-order valence-electron chi connectivity index (χ4n) is 2.66. The van der Waals surface area contributed by atoms with E-state index in [1.807, 2.05) is 19.1 Å². The summed E-state index contributed by atoms with van der Waals surface area (Å²) in [5.41, 5.74) is 1.32. The highest BCUT2D eigenvalue weighted by molar-refractivity contribution is 5.92. The zero-order chi connectivity index (χ0) is 14.4. The van der Waals surface area contributed by atoms with Crippen molar-refractivity contribution in [3.05, 3.63) is 29.6 Å². The fourth-order valence-corrected chi connectivity index (χ4v) is 2.66. The molecule has 2 rings (SSSR count). The quantitative estimate of drug-likeness (QED) is 0.841. The molecule has 1 heterocycles. The molecule has 1 amide bonds. The Hall–Kier alpha value is -1.42. The van der Waals surface area contributed by atoms with Gasteiger partial charge in [0.1, 0.15) is 5.69 Å². The lowest BCUT2D eigenvalue weighted by atomic mass is 9.88. The maximum Gasteiger partial charge on any atom is 0.269 e. The molecule has 1 aromatic heterocycles. The summed E-state index contributed by atoms with van der Waals surface area (Å²) in [4.78, 5) is 16.1. The van der Waals surface area contributed by atoms with Crippen LogP contribution in [-0.4, -0.2) is 30.1 Å². The van der Waals surface area contributed by atoms with Crippen LogP contribution in [0.2, 0.25) is 0 Å². The van der Waals surface area contributed by atoms with Crippen molar-refractivity contribution in [2.24, 2.45) is 5.92 Å². The molecule has 1 fully saturated rings. The number of amides is 1. The Bertz CT molecular complexity index is 448. The minimum Gasteiger partial charge on any atom is -0.376 e. The second kappa shape index (κ2) is 7.39. The standard InChI is InChI=1S/C16H24N2O2/c1-12-6-3-4-9-15(12)20-11-10-17-16(19)14-8-5-7-13(2)18-14/h5,7-8,12,15H,3-4,6,9-11H2,1-2H3,(H,17,19)/t12-,15+/m0/s1. The van der Waals surface area contributed by atoms with E-state index in [1.165, 1.54) is 19.3 Å². The first-order chi connectivity index (χ1) is 9.66. The van der Waals surface area contributed by atoms with Crippen molar-refractivity contribution >= 4 is 5.91 Å². The Balaban J connectivity index is 1.69. The van der Waals surface area contributed by atoms with E-state index in [2.05, 4.69) is 17.2 Å². The first-order valence-corrected chi connectivity index (χ1v) is 7.50. The second-order valence-corrected chi connectivity index (χ2v) is 5.59. The molecule has 1 aliphatic carbocycles. The fraction of sp³-hybridized carbons (Fsp3) is 0.625. The highest BCUT2D eigenvalue weighted by Crippen LogP contribution is 2.25. The third kappa shape index (κ3) is 4.30. The maximum atomic E-state index is 11.9. The summed E-state index contributed by atoms with van der Waals surface area (Å²) < 4.78 is 5.87. The number of ether oxygens (including phenoxy) is 1. The van der Waals surface area contributed by atoms with Crippen LogP contribution in [0.1, 0.15) is 48.8 Å². The van der Waals surface area contributed by atoms with Crippen LogP contribution in [0, 0.1) is 12.8 Å². The third-order valence-electron chi connectivity index (χ3n) is 3.87. The van der Waals surface area contributed by atoms with Gasteiger partial charge in [0.25, 0.3) is 5.91 Å². The van der Waals surface area contributed by atoms with Crippen LogP contribution in [0.15, 0.2) is 18.2 Å². The van der Waals surface area contributed by atoms with Crippen LogP contribution in [0.5, 0.6) is 0 Å². The zero-order valence-corrected chi connectivity index (χ0v) is 12.4. The first-order valence-electron chi connectivity index (χ1n) is 7.50. The number of hydrogen-bond acceptors (Lipinski definition) is 3. The van der Waals surface area contributed by atoms with E-state index in [-0.39, 0.29) is 5.91 Å². The van der Waals surface area contributed by atoms with Crippen LogP contribution in [-0.2, 0) is 4.74 Å². The highest BCUT2D eigenvalue weighted by Gasteiger charge is 2.21. The molecule has 1 N–H and O–H groups in total. The predicted molar refractivity (Wildman–Crippen MR) is 78.7 cm³/mol. The van der Waals surface area contributed by atoms with Gasteiger partial charge < -0.3 is 10.1 Å². The van der Waals surface area contributed by atoms with E-state index in [4.69, 9.17) is 4.74 Å². The van der Waals surface area contributed by atoms with Crippen molar-refractivity contribution in [1.82, 2.24) is 10.3 Å². The molecule has 0 spiro atoms. The highest BCUT2D eigenvalue weighted by atomic mass is 16.5. The van der Waals surface area contributed by atoms with E-state index < -0.39 is 0 Å². The van der Waals surface area contributed by atoms with Crippen LogP contribution < -0.4 is 5.32 Å². The minimum atomic E-state index is -0.131. The summed E-state index contributed by atoms with van der Waals surface area (Å²) in [5.74, 6) is 0.506. The van der Waals surface area contributed by atoms with Gasteiger partial charge in [-0.1, -0.05) is 25.8 Å². The van der Waals surface area contributed by atoms with E-state index in [9.17, 15) is 4.79 Å². The Morgan fingerprint density at radius 2 is 2.20 bits per heavy atom. The van der Waals surface area contributed by atoms with Crippen molar-refractivity contribution in [1.29, 1.82) is 0 Å². The molecule has 2 atom stereocenters. The first kappa shape index (κ1) is 15.0. The number of aromatic nitrogens is 1. The Labute approximate surface area is 120 Å². The molecule has 0 unspecified atom stereocenters. The van der Waals surface area contributed by atoms with Crippen molar-refractivity contribution in [3.8, 4) is 0 Å². The number of hydrogen-bond donors (Lipinski definition) is 1. The van der Waals surface area contributed by atoms with Crippen LogP contribution >= 0.6 is 0 Å². The van der Waals surface area contributed by atoms with Gasteiger partial charge in [-0.3, -0.25) is 4.79 Å². The van der Waals surface area contributed by atoms with Gasteiger partial charge in [-0.2, -0.15) is 0 Å². The van der Waals surface area contributed by atoms with Crippen LogP contribution in [0.25, 0.3) is 0 Å². The molecular weight excluding hydrogens is 252 g/mol. The Morgan fingerprint density at radius 3 is 2.95 bits per heavy atom. The maximum absolute atomic E-state index is 11.9. The molecule has 4 heteroatoms. The molecule has 20 heavy (non-hydrogen) atoms. The number of carbonyl (C=O) groups excluding carboxylic acids is 1. The molecule has 110 valence electrons. The molecule has 0 radical (unpaired) electrons. The number of aryl methyl sites for hydroxylation is 1. The summed E-state index contributed by atoms with van der Waals surface area (Å²) in [6.07, 6.45) is 5.34. The van der Waals surface area contributed by atoms with E-state index in [0.717, 1.165) is 12.1 Å². The molecule has 1 aliphatic rings. The lowest BCUT2D eigenvalue weighted by Crippen LogP contribution is -2.32. The van der Waals surface area contributed by atoms with Gasteiger partial charge >= 0.3 is 0 Å². The number of carbonyl (C=O) groups is 1. The summed E-state index contributed by atoms with van der Waals surface area (Å²) in [6, 6.07) is 5.45. The second-order valence-electron chi connectivity index (χ2n) is 5.59. The Morgan fingerprint density at radius 1 is 1.40 bits per heavy atom. The van der Waals surface area contributed by atoms with Gasteiger partial charge in [-0.25, -0.2) is 4.98 Å². The van der Waals surface area contributed by atoms with Gasteiger partial charge in [0, 0.05) is 12.2 Å². The van der Waals surface area contributed by atoms with Crippen LogP contribution in [0.4, 0.5) is 0 Å². The van der Waals surface area contributed by atoms with Crippen molar-refractivity contribution in [2.45, 2.75) is 45.6 Å². The summed E-state index contributed by atoms with van der Waals surface area (Å²) in [6.45, 7) is 5.24. The largest absolute Gasteiger partial charge is 0.376 e. The Kier molecular flexibility index (Phi) is 5.53. The molecule has 4 nitrogen and oxygen atoms in total. The minimum absolute atomic E-state index is 0.131. The monoisotopic (exact) mass is 276 g/mol. The van der Waals surface area contributed by atoms with E-state index >= 15 is 0 Å². The smallest absolute Gasteiger partial charge is 0.269 e. The summed E-state index contributed by atoms with van der Waals surface area (Å²) in [5, 5.41) is 2.85. The van der Waals surface area contributed by atoms with Gasteiger partial charge in [0.2, 0.25) is 0 Å². The van der Waals surface area contributed by atoms with Crippen molar-refractivity contribution in [2.75, 3.05) is 13.2 Å². The molecule has 0 aromatic carbocycles. The van der Waals surface area contributed by atoms with Gasteiger partial charge in [0.05, 0.1) is 12.7 Å². The molecule has 1 saturated carbocycles. The summed E-state index contributed by atoms with van der Waals surface area (Å²) in [7, 11) is 0. The SMILES string of the molecule is Cc1cccc(C(=O)NCCO[C@@H]2CCCC[C@@H]2C)n1. The zero-order valence-electron chi connectivity index (χ0n) is 12.4. The van der Waals surface area contributed by atoms with Gasteiger partial charge in [0.15, 0.2) is 0 Å².